The second-order valence-electron chi connectivity index (χ2n) is 7.64. The third-order valence-electron chi connectivity index (χ3n) is 5.91. The number of anilines is 1. The third kappa shape index (κ3) is 3.40. The maximum atomic E-state index is 13.5. The average Bonchev–Trinajstić information content (AvgIpc) is 3.25. The van der Waals surface area contributed by atoms with E-state index in [1.165, 1.54) is 6.33 Å². The van der Waals surface area contributed by atoms with Gasteiger partial charge in [-0.2, -0.15) is 10.1 Å². The van der Waals surface area contributed by atoms with Crippen molar-refractivity contribution in [3.8, 4) is 11.5 Å². The molecule has 0 unspecified atom stereocenters. The molecule has 2 heterocycles. The lowest BCUT2D eigenvalue weighted by atomic mass is 9.77. The standard InChI is InChI=1S/C23H21BrN4O3/c1-30-16-6-7-17(20(11-16)31-2)14-9-18-21(19(29)10-14)22(13-4-3-5-15(24)8-13)28-23(27-18)25-12-26-28/h3-8,11-12,14,22H,9-10H2,1-2H3,(H,25,26,27)/t14-,22+/m0/s1. The lowest BCUT2D eigenvalue weighted by molar-refractivity contribution is -0.116. The van der Waals surface area contributed by atoms with Crippen molar-refractivity contribution in [2.24, 2.45) is 0 Å². The first-order chi connectivity index (χ1) is 15.1. The number of nitrogens with zero attached hydrogens (tertiary/aromatic N) is 3. The number of carbonyl (C=O) groups is 1. The minimum atomic E-state index is -0.308. The zero-order chi connectivity index (χ0) is 21.5. The molecule has 1 aromatic heterocycles. The molecular formula is C23H21BrN4O3. The number of aromatic nitrogens is 3. The molecule has 0 fully saturated rings. The Kier molecular flexibility index (Phi) is 5.02. The number of methoxy groups -OCH3 is 2. The van der Waals surface area contributed by atoms with Gasteiger partial charge in [0, 0.05) is 34.1 Å². The number of fused-ring (bicyclic) bond motifs is 1. The van der Waals surface area contributed by atoms with Gasteiger partial charge in [0.2, 0.25) is 5.95 Å². The van der Waals surface area contributed by atoms with Crippen LogP contribution < -0.4 is 14.8 Å². The van der Waals surface area contributed by atoms with Gasteiger partial charge in [0.15, 0.2) is 5.78 Å². The number of hydrogen-bond acceptors (Lipinski definition) is 6. The second-order valence-corrected chi connectivity index (χ2v) is 8.55. The monoisotopic (exact) mass is 480 g/mol. The number of nitrogens with one attached hydrogen (secondary N) is 1. The lowest BCUT2D eigenvalue weighted by Gasteiger charge is -2.35. The second kappa shape index (κ2) is 7.85. The molecule has 0 saturated heterocycles. The third-order valence-corrected chi connectivity index (χ3v) is 6.40. The van der Waals surface area contributed by atoms with Crippen LogP contribution in [0.5, 0.6) is 11.5 Å². The predicted octanol–water partition coefficient (Wildman–Crippen LogP) is 4.47. The van der Waals surface area contributed by atoms with Gasteiger partial charge in [-0.3, -0.25) is 4.79 Å². The molecule has 7 nitrogen and oxygen atoms in total. The van der Waals surface area contributed by atoms with Gasteiger partial charge in [0.25, 0.3) is 0 Å². The molecular weight excluding hydrogens is 460 g/mol. The fourth-order valence-electron chi connectivity index (χ4n) is 4.51. The van der Waals surface area contributed by atoms with Crippen LogP contribution in [0.3, 0.4) is 0 Å². The first kappa shape index (κ1) is 19.8. The number of benzene rings is 2. The Balaban J connectivity index is 1.58. The van der Waals surface area contributed by atoms with Crippen LogP contribution in [0.1, 0.15) is 35.9 Å². The topological polar surface area (TPSA) is 78.3 Å². The zero-order valence-corrected chi connectivity index (χ0v) is 18.7. The largest absolute Gasteiger partial charge is 0.497 e. The van der Waals surface area contributed by atoms with Gasteiger partial charge in [-0.25, -0.2) is 4.68 Å². The quantitative estimate of drug-likeness (QED) is 0.593. The first-order valence-corrected chi connectivity index (χ1v) is 10.8. The van der Waals surface area contributed by atoms with Crippen molar-refractivity contribution in [1.82, 2.24) is 14.8 Å². The minimum Gasteiger partial charge on any atom is -0.497 e. The van der Waals surface area contributed by atoms with E-state index in [9.17, 15) is 4.79 Å². The van der Waals surface area contributed by atoms with E-state index in [0.717, 1.165) is 38.4 Å². The smallest absolute Gasteiger partial charge is 0.226 e. The summed E-state index contributed by atoms with van der Waals surface area (Å²) in [6.45, 7) is 0. The highest BCUT2D eigenvalue weighted by atomic mass is 79.9. The van der Waals surface area contributed by atoms with E-state index in [-0.39, 0.29) is 17.7 Å². The molecule has 0 spiro atoms. The molecule has 0 saturated carbocycles. The van der Waals surface area contributed by atoms with Gasteiger partial charge in [0.1, 0.15) is 23.9 Å². The van der Waals surface area contributed by atoms with E-state index in [0.29, 0.717) is 18.8 Å². The molecule has 1 aliphatic heterocycles. The van der Waals surface area contributed by atoms with Crippen LogP contribution in [0.2, 0.25) is 0 Å². The minimum absolute atomic E-state index is 0.00256. The van der Waals surface area contributed by atoms with Crippen LogP contribution >= 0.6 is 15.9 Å². The molecule has 0 radical (unpaired) electrons. The molecule has 8 heteroatoms. The van der Waals surface area contributed by atoms with Gasteiger partial charge >= 0.3 is 0 Å². The van der Waals surface area contributed by atoms with Crippen molar-refractivity contribution in [3.05, 3.63) is 75.7 Å². The number of hydrogen-bond donors (Lipinski definition) is 1. The number of rotatable bonds is 4. The van der Waals surface area contributed by atoms with Crippen molar-refractivity contribution >= 4 is 27.7 Å². The van der Waals surface area contributed by atoms with Crippen molar-refractivity contribution in [1.29, 1.82) is 0 Å². The molecule has 0 bridgehead atoms. The maximum Gasteiger partial charge on any atom is 0.226 e. The lowest BCUT2D eigenvalue weighted by Crippen LogP contribution is -2.33. The Bertz CT molecular complexity index is 1200. The van der Waals surface area contributed by atoms with E-state index in [4.69, 9.17) is 9.47 Å². The van der Waals surface area contributed by atoms with Gasteiger partial charge in [-0.05, 0) is 35.7 Å². The first-order valence-electron chi connectivity index (χ1n) is 9.99. The number of carbonyl (C=O) groups excluding carboxylic acids is 1. The summed E-state index contributed by atoms with van der Waals surface area (Å²) < 4.78 is 13.7. The SMILES string of the molecule is COc1ccc([C@@H]2CC(=O)C3=C(C2)Nc2ncnn2[C@@H]3c2cccc(Br)c2)c(OC)c1. The summed E-state index contributed by atoms with van der Waals surface area (Å²) in [7, 11) is 3.26. The van der Waals surface area contributed by atoms with Crippen LogP contribution in [-0.4, -0.2) is 34.8 Å². The van der Waals surface area contributed by atoms with E-state index >= 15 is 0 Å². The average molecular weight is 481 g/mol. The molecule has 3 aromatic rings. The zero-order valence-electron chi connectivity index (χ0n) is 17.1. The maximum absolute atomic E-state index is 13.5. The Morgan fingerprint density at radius 2 is 2.00 bits per heavy atom. The number of halogens is 1. The van der Waals surface area contributed by atoms with Crippen molar-refractivity contribution < 1.29 is 14.3 Å². The number of allylic oxidation sites excluding steroid dienone is 2. The summed E-state index contributed by atoms with van der Waals surface area (Å²) in [4.78, 5) is 17.9. The summed E-state index contributed by atoms with van der Waals surface area (Å²) in [6, 6.07) is 13.4. The van der Waals surface area contributed by atoms with Crippen molar-refractivity contribution in [3.63, 3.8) is 0 Å². The Morgan fingerprint density at radius 1 is 1.13 bits per heavy atom. The predicted molar refractivity (Wildman–Crippen MR) is 119 cm³/mol. The van der Waals surface area contributed by atoms with E-state index in [1.807, 2.05) is 42.5 Å². The van der Waals surface area contributed by atoms with Crippen LogP contribution in [0.25, 0.3) is 0 Å². The molecule has 31 heavy (non-hydrogen) atoms. The molecule has 1 N–H and O–H groups in total. The molecule has 0 amide bonds. The molecule has 5 rings (SSSR count). The summed E-state index contributed by atoms with van der Waals surface area (Å²) in [5.74, 6) is 2.18. The Hall–Kier alpha value is -3.13. The summed E-state index contributed by atoms with van der Waals surface area (Å²) in [5.41, 5.74) is 3.63. The van der Waals surface area contributed by atoms with Gasteiger partial charge < -0.3 is 14.8 Å². The Morgan fingerprint density at radius 3 is 2.77 bits per heavy atom. The molecule has 2 aliphatic rings. The van der Waals surface area contributed by atoms with Crippen molar-refractivity contribution in [2.75, 3.05) is 19.5 Å². The van der Waals surface area contributed by atoms with Gasteiger partial charge in [-0.15, -0.1) is 0 Å². The number of ketones is 1. The molecule has 158 valence electrons. The summed E-state index contributed by atoms with van der Waals surface area (Å²) in [5, 5.41) is 7.76. The van der Waals surface area contributed by atoms with Crippen molar-refractivity contribution in [2.45, 2.75) is 24.8 Å². The number of ether oxygens (including phenoxy) is 2. The molecule has 2 atom stereocenters. The normalized spacial score (nSPS) is 20.0. The molecule has 2 aromatic carbocycles. The molecule has 1 aliphatic carbocycles. The summed E-state index contributed by atoms with van der Waals surface area (Å²) >= 11 is 3.54. The van der Waals surface area contributed by atoms with Crippen LogP contribution in [0.15, 0.2) is 64.5 Å². The van der Waals surface area contributed by atoms with E-state index < -0.39 is 0 Å². The van der Waals surface area contributed by atoms with Gasteiger partial charge in [0.05, 0.1) is 14.2 Å². The fourth-order valence-corrected chi connectivity index (χ4v) is 4.93. The highest BCUT2D eigenvalue weighted by Gasteiger charge is 2.39. The van der Waals surface area contributed by atoms with Crippen LogP contribution in [0, 0.1) is 0 Å². The van der Waals surface area contributed by atoms with Crippen LogP contribution in [0.4, 0.5) is 5.95 Å². The highest BCUT2D eigenvalue weighted by molar-refractivity contribution is 9.10. The summed E-state index contributed by atoms with van der Waals surface area (Å²) in [6.07, 6.45) is 2.60. The van der Waals surface area contributed by atoms with E-state index in [2.05, 4.69) is 31.3 Å². The van der Waals surface area contributed by atoms with E-state index in [1.54, 1.807) is 18.9 Å². The van der Waals surface area contributed by atoms with Gasteiger partial charge in [-0.1, -0.05) is 34.1 Å². The Labute approximate surface area is 188 Å². The number of Topliss-reactive ketones (excluding diaryl/α,β-unsaturated/α-hetero) is 1. The van der Waals surface area contributed by atoms with Crippen LogP contribution in [-0.2, 0) is 4.79 Å². The fraction of sp³-hybridized carbons (Fsp3) is 0.261. The highest BCUT2D eigenvalue weighted by Crippen LogP contribution is 2.46.